The van der Waals surface area contributed by atoms with Crippen LogP contribution in [0.5, 0.6) is 0 Å². The Hall–Kier alpha value is -2.61. The van der Waals surface area contributed by atoms with E-state index >= 15 is 0 Å². The van der Waals surface area contributed by atoms with Gasteiger partial charge in [0.15, 0.2) is 0 Å². The van der Waals surface area contributed by atoms with Crippen molar-refractivity contribution in [3.05, 3.63) is 84.2 Å². The second kappa shape index (κ2) is 9.33. The molecule has 2 aromatic heterocycles. The highest BCUT2D eigenvalue weighted by Gasteiger charge is 2.22. The van der Waals surface area contributed by atoms with E-state index in [1.807, 2.05) is 17.6 Å². The number of aryl methyl sites for hydroxylation is 1. The van der Waals surface area contributed by atoms with Crippen LogP contribution in [-0.2, 0) is 13.1 Å². The predicted molar refractivity (Wildman–Crippen MR) is 143 cm³/mol. The molecule has 0 N–H and O–H groups in total. The summed E-state index contributed by atoms with van der Waals surface area (Å²) in [4.78, 5) is 16.7. The molecule has 4 aromatic rings. The van der Waals surface area contributed by atoms with Gasteiger partial charge < -0.3 is 4.90 Å². The molecule has 0 aliphatic carbocycles. The standard InChI is InChI=1S/C26H26N3OS3/c1-4-27-18-11-7-9-13-20(18)31-23(27)16-15-22-26(30)29(6-3)25(33-22)17-24-28(5-2)19-12-8-10-14-21(19)32-24/h7-17H,4-6H2,1-3H3/q+1/b22-15+,23-16-. The minimum atomic E-state index is 0.0818. The third-order valence-corrected chi connectivity index (χ3v) is 9.10. The van der Waals surface area contributed by atoms with Crippen LogP contribution in [0.2, 0.25) is 0 Å². The molecule has 0 saturated carbocycles. The van der Waals surface area contributed by atoms with Gasteiger partial charge in [0.1, 0.15) is 15.9 Å². The number of thiazole rings is 2. The number of allylic oxidation sites excluding steroid dienone is 1. The molecule has 0 saturated heterocycles. The Morgan fingerprint density at radius 1 is 0.939 bits per heavy atom. The maximum Gasteiger partial charge on any atom is 0.269 e. The molecule has 0 bridgehead atoms. The normalized spacial score (nSPS) is 15.8. The summed E-state index contributed by atoms with van der Waals surface area (Å²) in [5.41, 5.74) is 2.57. The first-order valence-electron chi connectivity index (χ1n) is 11.2. The van der Waals surface area contributed by atoms with Gasteiger partial charge in [-0.2, -0.15) is 4.57 Å². The average Bonchev–Trinajstić information content (AvgIpc) is 3.47. The van der Waals surface area contributed by atoms with Crippen molar-refractivity contribution in [1.82, 2.24) is 4.57 Å². The highest BCUT2D eigenvalue weighted by Crippen LogP contribution is 2.45. The van der Waals surface area contributed by atoms with E-state index in [1.165, 1.54) is 25.8 Å². The number of nitrogens with zero attached hydrogens (tertiary/aromatic N) is 3. The first-order chi connectivity index (χ1) is 16.1. The fourth-order valence-corrected chi connectivity index (χ4v) is 7.62. The molecule has 3 heterocycles. The number of fused-ring (bicyclic) bond motifs is 2. The van der Waals surface area contributed by atoms with Gasteiger partial charge in [0.25, 0.3) is 10.6 Å². The van der Waals surface area contributed by atoms with Crippen LogP contribution in [0.1, 0.15) is 25.8 Å². The lowest BCUT2D eigenvalue weighted by molar-refractivity contribution is -0.665. The molecule has 4 nitrogen and oxygen atoms in total. The molecule has 7 heteroatoms. The summed E-state index contributed by atoms with van der Waals surface area (Å²) >= 11 is 5.11. The summed E-state index contributed by atoms with van der Waals surface area (Å²) in [5, 5.41) is 2.33. The van der Waals surface area contributed by atoms with Crippen LogP contribution in [-0.4, -0.2) is 11.1 Å². The van der Waals surface area contributed by atoms with Gasteiger partial charge in [0.2, 0.25) is 5.52 Å². The van der Waals surface area contributed by atoms with Crippen molar-refractivity contribution in [3.8, 4) is 0 Å². The molecule has 1 aliphatic heterocycles. The monoisotopic (exact) mass is 492 g/mol. The third kappa shape index (κ3) is 3.98. The third-order valence-electron chi connectivity index (χ3n) is 5.78. The SMILES string of the molecule is CCN1/C(=C/C=c2/s/c(=C\c3sc4ccccc4[n+]3CC)n(CC)c2=O)Sc2ccccc21. The number of hydrogen-bond donors (Lipinski definition) is 0. The number of rotatable bonds is 5. The lowest BCUT2D eigenvalue weighted by Crippen LogP contribution is -2.35. The first-order valence-corrected chi connectivity index (χ1v) is 13.7. The van der Waals surface area contributed by atoms with Crippen LogP contribution >= 0.6 is 34.4 Å². The van der Waals surface area contributed by atoms with E-state index in [4.69, 9.17) is 0 Å². The molecule has 0 unspecified atom stereocenters. The van der Waals surface area contributed by atoms with Crippen molar-refractivity contribution in [2.24, 2.45) is 0 Å². The van der Waals surface area contributed by atoms with Crippen molar-refractivity contribution >= 4 is 62.5 Å². The van der Waals surface area contributed by atoms with E-state index in [9.17, 15) is 4.79 Å². The van der Waals surface area contributed by atoms with Gasteiger partial charge in [-0.1, -0.05) is 47.4 Å². The molecule has 168 valence electrons. The lowest BCUT2D eigenvalue weighted by Gasteiger charge is -2.17. The van der Waals surface area contributed by atoms with Gasteiger partial charge in [-0.3, -0.25) is 9.36 Å². The zero-order chi connectivity index (χ0) is 22.9. The van der Waals surface area contributed by atoms with Crippen molar-refractivity contribution in [2.45, 2.75) is 38.8 Å². The van der Waals surface area contributed by atoms with E-state index in [1.54, 1.807) is 34.4 Å². The number of aromatic nitrogens is 2. The van der Waals surface area contributed by atoms with Crippen molar-refractivity contribution in [3.63, 3.8) is 0 Å². The Morgan fingerprint density at radius 2 is 1.73 bits per heavy atom. The van der Waals surface area contributed by atoms with Crippen molar-refractivity contribution in [2.75, 3.05) is 11.4 Å². The van der Waals surface area contributed by atoms with Gasteiger partial charge in [0.05, 0.1) is 21.3 Å². The highest BCUT2D eigenvalue weighted by molar-refractivity contribution is 8.03. The van der Waals surface area contributed by atoms with Gasteiger partial charge in [-0.25, -0.2) is 0 Å². The predicted octanol–water partition coefficient (Wildman–Crippen LogP) is 4.53. The molecule has 2 aromatic carbocycles. The molecule has 0 amide bonds. The Morgan fingerprint density at radius 3 is 2.52 bits per heavy atom. The number of benzene rings is 2. The number of hydrogen-bond acceptors (Lipinski definition) is 5. The number of para-hydroxylation sites is 2. The van der Waals surface area contributed by atoms with Gasteiger partial charge in [-0.05, 0) is 51.1 Å². The van der Waals surface area contributed by atoms with E-state index in [0.717, 1.165) is 27.3 Å². The maximum absolute atomic E-state index is 13.2. The van der Waals surface area contributed by atoms with Crippen molar-refractivity contribution in [1.29, 1.82) is 0 Å². The smallest absolute Gasteiger partial charge is 0.269 e. The minimum Gasteiger partial charge on any atom is -0.335 e. The number of thioether (sulfide) groups is 1. The lowest BCUT2D eigenvalue weighted by atomic mass is 10.3. The molecule has 0 spiro atoms. The minimum absolute atomic E-state index is 0.0818. The van der Waals surface area contributed by atoms with Crippen LogP contribution in [0.25, 0.3) is 22.4 Å². The topological polar surface area (TPSA) is 29.1 Å². The summed E-state index contributed by atoms with van der Waals surface area (Å²) in [6.07, 6.45) is 6.26. The first kappa shape index (κ1) is 22.2. The van der Waals surface area contributed by atoms with E-state index in [2.05, 4.69) is 84.0 Å². The molecule has 0 fully saturated rings. The highest BCUT2D eigenvalue weighted by atomic mass is 32.2. The Kier molecular flexibility index (Phi) is 6.27. The largest absolute Gasteiger partial charge is 0.335 e. The molecule has 5 rings (SSSR count). The summed E-state index contributed by atoms with van der Waals surface area (Å²) in [6.45, 7) is 8.81. The zero-order valence-electron chi connectivity index (χ0n) is 18.9. The zero-order valence-corrected chi connectivity index (χ0v) is 21.4. The van der Waals surface area contributed by atoms with Crippen LogP contribution in [0.15, 0.2) is 69.3 Å². The maximum atomic E-state index is 13.2. The summed E-state index contributed by atoms with van der Waals surface area (Å²) < 4.78 is 7.23. The van der Waals surface area contributed by atoms with E-state index < -0.39 is 0 Å². The van der Waals surface area contributed by atoms with Crippen LogP contribution in [0.4, 0.5) is 5.69 Å². The summed E-state index contributed by atoms with van der Waals surface area (Å²) in [6, 6.07) is 16.9. The number of anilines is 1. The average molecular weight is 493 g/mol. The molecule has 1 aliphatic rings. The summed E-state index contributed by atoms with van der Waals surface area (Å²) in [7, 11) is 0. The van der Waals surface area contributed by atoms with Crippen LogP contribution in [0.3, 0.4) is 0 Å². The Bertz CT molecular complexity index is 1540. The Labute approximate surface area is 205 Å². The molecule has 0 radical (unpaired) electrons. The van der Waals surface area contributed by atoms with Gasteiger partial charge >= 0.3 is 0 Å². The fourth-order valence-electron chi connectivity index (χ4n) is 4.20. The summed E-state index contributed by atoms with van der Waals surface area (Å²) in [5.74, 6) is 0. The molecular formula is C26H26N3OS3+. The van der Waals surface area contributed by atoms with Crippen molar-refractivity contribution < 1.29 is 4.57 Å². The van der Waals surface area contributed by atoms with Crippen LogP contribution in [0, 0.1) is 0 Å². The molecule has 0 atom stereocenters. The quantitative estimate of drug-likeness (QED) is 0.383. The van der Waals surface area contributed by atoms with E-state index in [-0.39, 0.29) is 5.56 Å². The van der Waals surface area contributed by atoms with E-state index in [0.29, 0.717) is 6.54 Å². The second-order valence-electron chi connectivity index (χ2n) is 7.64. The second-order valence-corrected chi connectivity index (χ2v) is 10.8. The van der Waals surface area contributed by atoms with Gasteiger partial charge in [0, 0.05) is 24.1 Å². The fraction of sp³-hybridized carbons (Fsp3) is 0.231. The van der Waals surface area contributed by atoms with Crippen LogP contribution < -0.4 is 24.2 Å². The molecule has 33 heavy (non-hydrogen) atoms. The Balaban J connectivity index is 1.60. The molecular weight excluding hydrogens is 467 g/mol. The van der Waals surface area contributed by atoms with Gasteiger partial charge in [-0.15, -0.1) is 11.3 Å².